The molecule has 39 heavy (non-hydrogen) atoms. The van der Waals surface area contributed by atoms with Crippen LogP contribution in [-0.4, -0.2) is 67.9 Å². The van der Waals surface area contributed by atoms with E-state index in [-0.39, 0.29) is 30.7 Å². The highest BCUT2D eigenvalue weighted by Crippen LogP contribution is 2.33. The Kier molecular flexibility index (Phi) is 8.56. The molecule has 0 bridgehead atoms. The number of hydrogen-bond donors (Lipinski definition) is 0. The SMILES string of the molecule is Cc1ccc(S(=O)(=O)N(CCN2CCCC2)CC(=O)N(Cc2ccc3c(c2)OCO3)Cc2sccc2C)cc1. The molecule has 5 rings (SSSR count). The molecule has 1 fully saturated rings. The first-order valence-electron chi connectivity index (χ1n) is 13.3. The zero-order chi connectivity index (χ0) is 27.4. The largest absolute Gasteiger partial charge is 0.454 e. The van der Waals surface area contributed by atoms with Crippen LogP contribution in [-0.2, 0) is 27.9 Å². The molecule has 0 unspecified atom stereocenters. The van der Waals surface area contributed by atoms with Gasteiger partial charge in [-0.25, -0.2) is 8.42 Å². The van der Waals surface area contributed by atoms with Crippen LogP contribution in [0.25, 0.3) is 0 Å². The lowest BCUT2D eigenvalue weighted by Gasteiger charge is -2.28. The summed E-state index contributed by atoms with van der Waals surface area (Å²) in [7, 11) is -3.86. The van der Waals surface area contributed by atoms with E-state index < -0.39 is 10.0 Å². The van der Waals surface area contributed by atoms with Crippen molar-refractivity contribution in [1.82, 2.24) is 14.1 Å². The van der Waals surface area contributed by atoms with Crippen molar-refractivity contribution < 1.29 is 22.7 Å². The predicted octanol–water partition coefficient (Wildman–Crippen LogP) is 4.41. The molecule has 1 aromatic heterocycles. The van der Waals surface area contributed by atoms with Crippen molar-refractivity contribution >= 4 is 27.3 Å². The van der Waals surface area contributed by atoms with E-state index in [1.165, 1.54) is 4.31 Å². The van der Waals surface area contributed by atoms with E-state index in [0.29, 0.717) is 31.1 Å². The minimum Gasteiger partial charge on any atom is -0.454 e. The number of ether oxygens (including phenoxy) is 2. The van der Waals surface area contributed by atoms with Gasteiger partial charge < -0.3 is 19.3 Å². The van der Waals surface area contributed by atoms with Gasteiger partial charge in [-0.3, -0.25) is 4.79 Å². The quantitative estimate of drug-likeness (QED) is 0.341. The molecule has 0 radical (unpaired) electrons. The van der Waals surface area contributed by atoms with E-state index in [4.69, 9.17) is 9.47 Å². The number of fused-ring (bicyclic) bond motifs is 1. The van der Waals surface area contributed by atoms with Gasteiger partial charge in [0.2, 0.25) is 22.7 Å². The summed E-state index contributed by atoms with van der Waals surface area (Å²) < 4.78 is 39.9. The van der Waals surface area contributed by atoms with Crippen LogP contribution in [0.4, 0.5) is 0 Å². The van der Waals surface area contributed by atoms with Gasteiger partial charge in [0.15, 0.2) is 11.5 Å². The number of hydrogen-bond acceptors (Lipinski definition) is 7. The molecule has 2 aromatic carbocycles. The average Bonchev–Trinajstić information content (AvgIpc) is 3.69. The van der Waals surface area contributed by atoms with Gasteiger partial charge in [0.1, 0.15) is 0 Å². The second-order valence-electron chi connectivity index (χ2n) is 10.2. The summed E-state index contributed by atoms with van der Waals surface area (Å²) in [5.74, 6) is 1.10. The molecule has 3 aromatic rings. The van der Waals surface area contributed by atoms with Gasteiger partial charge in [-0.2, -0.15) is 4.31 Å². The zero-order valence-corrected chi connectivity index (χ0v) is 24.1. The topological polar surface area (TPSA) is 79.4 Å². The Labute approximate surface area is 234 Å². The average molecular weight is 570 g/mol. The Morgan fingerprint density at radius 2 is 1.72 bits per heavy atom. The first-order chi connectivity index (χ1) is 18.8. The minimum absolute atomic E-state index is 0.179. The maximum absolute atomic E-state index is 13.9. The zero-order valence-electron chi connectivity index (χ0n) is 22.5. The van der Waals surface area contributed by atoms with E-state index in [1.807, 2.05) is 43.5 Å². The second kappa shape index (κ2) is 12.1. The molecular weight excluding hydrogens is 534 g/mol. The molecule has 1 amide bonds. The molecule has 0 atom stereocenters. The Morgan fingerprint density at radius 1 is 0.974 bits per heavy atom. The van der Waals surface area contributed by atoms with Crippen LogP contribution in [0.5, 0.6) is 11.5 Å². The van der Waals surface area contributed by atoms with Crippen molar-refractivity contribution in [1.29, 1.82) is 0 Å². The van der Waals surface area contributed by atoms with Gasteiger partial charge in [-0.1, -0.05) is 23.8 Å². The number of likely N-dealkylation sites (tertiary alicyclic amines) is 1. The maximum atomic E-state index is 13.9. The standard InChI is InChI=1S/C29H35N3O5S2/c1-22-5-8-25(9-6-22)39(34,35)32(15-14-30-12-3-4-13-30)20-29(33)31(19-28-23(2)11-16-38-28)18-24-7-10-26-27(17-24)37-21-36-26/h5-11,16-17H,3-4,12-15,18-21H2,1-2H3. The van der Waals surface area contributed by atoms with Crippen LogP contribution in [0.1, 0.15) is 34.4 Å². The molecule has 8 nitrogen and oxygen atoms in total. The molecule has 0 N–H and O–H groups in total. The Balaban J connectivity index is 1.40. The third-order valence-electron chi connectivity index (χ3n) is 7.30. The van der Waals surface area contributed by atoms with Crippen molar-refractivity contribution in [2.24, 2.45) is 0 Å². The molecular formula is C29H35N3O5S2. The molecule has 1 saturated heterocycles. The Hall–Kier alpha value is -2.92. The van der Waals surface area contributed by atoms with E-state index in [2.05, 4.69) is 4.90 Å². The fourth-order valence-electron chi connectivity index (χ4n) is 4.88. The van der Waals surface area contributed by atoms with Gasteiger partial charge in [0.25, 0.3) is 0 Å². The minimum atomic E-state index is -3.86. The van der Waals surface area contributed by atoms with Gasteiger partial charge in [-0.15, -0.1) is 11.3 Å². The lowest BCUT2D eigenvalue weighted by atomic mass is 10.1. The lowest BCUT2D eigenvalue weighted by molar-refractivity contribution is -0.132. The third kappa shape index (κ3) is 6.63. The van der Waals surface area contributed by atoms with Crippen molar-refractivity contribution in [3.8, 4) is 11.5 Å². The Morgan fingerprint density at radius 3 is 2.44 bits per heavy atom. The van der Waals surface area contributed by atoms with Gasteiger partial charge >= 0.3 is 0 Å². The number of rotatable bonds is 11. The summed E-state index contributed by atoms with van der Waals surface area (Å²) in [6, 6.07) is 14.5. The van der Waals surface area contributed by atoms with Crippen molar-refractivity contribution in [3.63, 3.8) is 0 Å². The summed E-state index contributed by atoms with van der Waals surface area (Å²) in [6.07, 6.45) is 2.24. The smallest absolute Gasteiger partial charge is 0.243 e. The number of carbonyl (C=O) groups excluding carboxylic acids is 1. The monoisotopic (exact) mass is 569 g/mol. The van der Waals surface area contributed by atoms with Crippen LogP contribution in [0.3, 0.4) is 0 Å². The van der Waals surface area contributed by atoms with Crippen molar-refractivity contribution in [3.05, 3.63) is 75.5 Å². The number of sulfonamides is 1. The summed E-state index contributed by atoms with van der Waals surface area (Å²) >= 11 is 1.60. The number of carbonyl (C=O) groups is 1. The summed E-state index contributed by atoms with van der Waals surface area (Å²) in [5.41, 5.74) is 2.99. The Bertz CT molecular complexity index is 1400. The molecule has 0 spiro atoms. The molecule has 0 aliphatic carbocycles. The van der Waals surface area contributed by atoms with E-state index in [0.717, 1.165) is 47.5 Å². The number of nitrogens with zero attached hydrogens (tertiary/aromatic N) is 3. The second-order valence-corrected chi connectivity index (χ2v) is 13.1. The fourth-order valence-corrected chi connectivity index (χ4v) is 7.19. The van der Waals surface area contributed by atoms with Crippen LogP contribution in [0.15, 0.2) is 58.8 Å². The molecule has 208 valence electrons. The highest BCUT2D eigenvalue weighted by atomic mass is 32.2. The third-order valence-corrected chi connectivity index (χ3v) is 10.2. The summed E-state index contributed by atoms with van der Waals surface area (Å²) in [5, 5.41) is 2.01. The number of amides is 1. The summed E-state index contributed by atoms with van der Waals surface area (Å²) in [4.78, 5) is 19.2. The molecule has 0 saturated carbocycles. The normalized spacial score (nSPS) is 15.3. The van der Waals surface area contributed by atoms with Crippen LogP contribution in [0.2, 0.25) is 0 Å². The number of benzene rings is 2. The lowest BCUT2D eigenvalue weighted by Crippen LogP contribution is -2.45. The van der Waals surface area contributed by atoms with Crippen LogP contribution < -0.4 is 9.47 Å². The first kappa shape index (κ1) is 27.6. The molecule has 2 aliphatic heterocycles. The van der Waals surface area contributed by atoms with E-state index in [1.54, 1.807) is 40.5 Å². The highest BCUT2D eigenvalue weighted by molar-refractivity contribution is 7.89. The molecule has 3 heterocycles. The van der Waals surface area contributed by atoms with Gasteiger partial charge in [0.05, 0.1) is 18.0 Å². The van der Waals surface area contributed by atoms with Gasteiger partial charge in [0, 0.05) is 24.5 Å². The van der Waals surface area contributed by atoms with Gasteiger partial charge in [-0.05, 0) is 86.6 Å². The van der Waals surface area contributed by atoms with E-state index >= 15 is 0 Å². The van der Waals surface area contributed by atoms with Crippen LogP contribution in [0, 0.1) is 13.8 Å². The first-order valence-corrected chi connectivity index (χ1v) is 15.6. The molecule has 10 heteroatoms. The summed E-state index contributed by atoms with van der Waals surface area (Å²) in [6.45, 7) is 7.42. The fraction of sp³-hybridized carbons (Fsp3) is 0.414. The molecule has 2 aliphatic rings. The maximum Gasteiger partial charge on any atom is 0.243 e. The number of aryl methyl sites for hydroxylation is 2. The highest BCUT2D eigenvalue weighted by Gasteiger charge is 2.30. The predicted molar refractivity (Wildman–Crippen MR) is 151 cm³/mol. The van der Waals surface area contributed by atoms with Crippen LogP contribution >= 0.6 is 11.3 Å². The number of thiophene rings is 1. The van der Waals surface area contributed by atoms with E-state index in [9.17, 15) is 13.2 Å². The van der Waals surface area contributed by atoms with Crippen molar-refractivity contribution in [2.75, 3.05) is 39.5 Å². The van der Waals surface area contributed by atoms with Crippen molar-refractivity contribution in [2.45, 2.75) is 44.7 Å².